The number of nitrogen functional groups attached to an aromatic ring is 1. The van der Waals surface area contributed by atoms with Gasteiger partial charge in [-0.25, -0.2) is 9.18 Å². The highest BCUT2D eigenvalue weighted by Crippen LogP contribution is 2.43. The van der Waals surface area contributed by atoms with Gasteiger partial charge in [0, 0.05) is 25.2 Å². The Labute approximate surface area is 168 Å². The molecule has 2 heterocycles. The molecule has 2 aromatic rings. The van der Waals surface area contributed by atoms with Crippen LogP contribution in [-0.4, -0.2) is 42.0 Å². The van der Waals surface area contributed by atoms with Crippen LogP contribution < -0.4 is 32.0 Å². The molecular weight excluding hydrogens is 377 g/mol. The van der Waals surface area contributed by atoms with Crippen LogP contribution in [0.25, 0.3) is 10.9 Å². The second kappa shape index (κ2) is 7.37. The first-order valence-corrected chi connectivity index (χ1v) is 10.1. The van der Waals surface area contributed by atoms with Gasteiger partial charge in [0.05, 0.1) is 12.5 Å². The zero-order valence-electron chi connectivity index (χ0n) is 17.1. The smallest absolute Gasteiger partial charge is 0.350 e. The van der Waals surface area contributed by atoms with Crippen LogP contribution in [-0.2, 0) is 0 Å². The number of nitrogens with two attached hydrogens (primary N) is 1. The van der Waals surface area contributed by atoms with Gasteiger partial charge >= 0.3 is 5.69 Å². The molecule has 0 bridgehead atoms. The lowest BCUT2D eigenvalue weighted by molar-refractivity contribution is 0.412. The molecular formula is C20H28FN5O3. The van der Waals surface area contributed by atoms with Crippen LogP contribution in [0.2, 0.25) is 0 Å². The minimum atomic E-state index is -0.717. The summed E-state index contributed by atoms with van der Waals surface area (Å²) in [6.45, 7) is 6.42. The summed E-state index contributed by atoms with van der Waals surface area (Å²) in [5.74, 6) is 5.77. The third kappa shape index (κ3) is 3.37. The summed E-state index contributed by atoms with van der Waals surface area (Å²) in [7, 11) is 1.45. The van der Waals surface area contributed by atoms with Crippen molar-refractivity contribution in [2.75, 3.05) is 37.5 Å². The summed E-state index contributed by atoms with van der Waals surface area (Å²) in [6, 6.07) is 1.54. The van der Waals surface area contributed by atoms with Gasteiger partial charge in [-0.3, -0.25) is 9.36 Å². The predicted octanol–water partition coefficient (Wildman–Crippen LogP) is 1.18. The molecule has 0 amide bonds. The molecule has 1 unspecified atom stereocenters. The Hall–Kier alpha value is -2.55. The number of nitrogens with one attached hydrogen (secondary N) is 1. The second-order valence-electron chi connectivity index (χ2n) is 8.36. The Morgan fingerprint density at radius 3 is 2.66 bits per heavy atom. The Balaban J connectivity index is 1.85. The average molecular weight is 405 g/mol. The van der Waals surface area contributed by atoms with Gasteiger partial charge in [-0.2, -0.15) is 4.68 Å². The lowest BCUT2D eigenvalue weighted by Crippen LogP contribution is -2.44. The Bertz CT molecular complexity index is 1060. The van der Waals surface area contributed by atoms with Gasteiger partial charge in [0.25, 0.3) is 5.56 Å². The summed E-state index contributed by atoms with van der Waals surface area (Å²) in [5.41, 5.74) is -0.658. The zero-order chi connectivity index (χ0) is 20.9. The SMILES string of the molecule is COc1c(N2CCC(CNC(C)C)C2)c(F)cc2c(=O)n(N)c(=O)n(C3CC3)c12. The number of ether oxygens (including phenoxy) is 1. The molecule has 1 aromatic heterocycles. The van der Waals surface area contributed by atoms with Gasteiger partial charge in [0.15, 0.2) is 11.6 Å². The van der Waals surface area contributed by atoms with Crippen molar-refractivity contribution in [3.05, 3.63) is 32.7 Å². The number of hydrogen-bond acceptors (Lipinski definition) is 6. The van der Waals surface area contributed by atoms with Crippen LogP contribution in [0.15, 0.2) is 15.7 Å². The van der Waals surface area contributed by atoms with Gasteiger partial charge in [-0.15, -0.1) is 0 Å². The third-order valence-corrected chi connectivity index (χ3v) is 5.82. The van der Waals surface area contributed by atoms with Crippen molar-refractivity contribution < 1.29 is 9.13 Å². The first-order valence-electron chi connectivity index (χ1n) is 10.1. The first-order chi connectivity index (χ1) is 13.8. The number of aromatic nitrogens is 2. The molecule has 1 atom stereocenters. The fourth-order valence-corrected chi connectivity index (χ4v) is 4.20. The number of hydrogen-bond donors (Lipinski definition) is 2. The van der Waals surface area contributed by atoms with Gasteiger partial charge in [0.1, 0.15) is 11.2 Å². The Morgan fingerprint density at radius 2 is 2.03 bits per heavy atom. The molecule has 0 radical (unpaired) electrons. The molecule has 3 N–H and O–H groups in total. The van der Waals surface area contributed by atoms with Crippen molar-refractivity contribution in [1.82, 2.24) is 14.6 Å². The number of anilines is 1. The van der Waals surface area contributed by atoms with Crippen LogP contribution in [0.3, 0.4) is 0 Å². The van der Waals surface area contributed by atoms with Crippen LogP contribution in [0.4, 0.5) is 10.1 Å². The van der Waals surface area contributed by atoms with Crippen LogP contribution in [0.5, 0.6) is 5.75 Å². The maximum atomic E-state index is 15.2. The van der Waals surface area contributed by atoms with E-state index in [4.69, 9.17) is 10.6 Å². The summed E-state index contributed by atoms with van der Waals surface area (Å²) in [4.78, 5) is 27.2. The molecule has 1 aliphatic carbocycles. The van der Waals surface area contributed by atoms with Crippen LogP contribution in [0, 0.1) is 11.7 Å². The molecule has 2 aliphatic rings. The maximum Gasteiger partial charge on any atom is 0.350 e. The molecule has 1 aliphatic heterocycles. The molecule has 1 saturated heterocycles. The normalized spacial score (nSPS) is 19.5. The van der Waals surface area contributed by atoms with Crippen molar-refractivity contribution in [3.63, 3.8) is 0 Å². The minimum Gasteiger partial charge on any atom is -0.492 e. The van der Waals surface area contributed by atoms with Crippen molar-refractivity contribution in [1.29, 1.82) is 0 Å². The van der Waals surface area contributed by atoms with Gasteiger partial charge in [-0.05, 0) is 37.8 Å². The number of methoxy groups -OCH3 is 1. The van der Waals surface area contributed by atoms with Crippen molar-refractivity contribution in [3.8, 4) is 5.75 Å². The second-order valence-corrected chi connectivity index (χ2v) is 8.36. The summed E-state index contributed by atoms with van der Waals surface area (Å²) < 4.78 is 22.9. The number of halogens is 1. The zero-order valence-corrected chi connectivity index (χ0v) is 17.1. The third-order valence-electron chi connectivity index (χ3n) is 5.82. The molecule has 1 aromatic carbocycles. The van der Waals surface area contributed by atoms with Crippen molar-refractivity contribution in [2.45, 2.75) is 45.2 Å². The van der Waals surface area contributed by atoms with E-state index in [1.807, 2.05) is 4.90 Å². The monoisotopic (exact) mass is 405 g/mol. The fraction of sp³-hybridized carbons (Fsp3) is 0.600. The number of fused-ring (bicyclic) bond motifs is 1. The van der Waals surface area contributed by atoms with E-state index in [0.717, 1.165) is 25.8 Å². The summed E-state index contributed by atoms with van der Waals surface area (Å²) >= 11 is 0. The number of benzene rings is 1. The molecule has 2 fully saturated rings. The quantitative estimate of drug-likeness (QED) is 0.701. The predicted molar refractivity (Wildman–Crippen MR) is 111 cm³/mol. The van der Waals surface area contributed by atoms with E-state index in [1.54, 1.807) is 0 Å². The molecule has 0 spiro atoms. The Morgan fingerprint density at radius 1 is 1.31 bits per heavy atom. The van der Waals surface area contributed by atoms with E-state index < -0.39 is 17.1 Å². The molecule has 8 nitrogen and oxygen atoms in total. The highest BCUT2D eigenvalue weighted by Gasteiger charge is 2.34. The van der Waals surface area contributed by atoms with Gasteiger partial charge < -0.3 is 20.8 Å². The molecule has 4 rings (SSSR count). The first kappa shape index (κ1) is 19.8. The summed E-state index contributed by atoms with van der Waals surface area (Å²) in [6.07, 6.45) is 2.56. The number of nitrogens with zero attached hydrogens (tertiary/aromatic N) is 3. The van der Waals surface area contributed by atoms with E-state index in [-0.39, 0.29) is 17.2 Å². The molecule has 1 saturated carbocycles. The van der Waals surface area contributed by atoms with E-state index in [2.05, 4.69) is 19.2 Å². The molecule has 29 heavy (non-hydrogen) atoms. The van der Waals surface area contributed by atoms with E-state index in [0.29, 0.717) is 40.9 Å². The fourth-order valence-electron chi connectivity index (χ4n) is 4.20. The van der Waals surface area contributed by atoms with Crippen molar-refractivity contribution >= 4 is 16.6 Å². The summed E-state index contributed by atoms with van der Waals surface area (Å²) in [5, 5.41) is 3.49. The lowest BCUT2D eigenvalue weighted by Gasteiger charge is -2.24. The minimum absolute atomic E-state index is 0.0471. The maximum absolute atomic E-state index is 15.2. The Kier molecular flexibility index (Phi) is 5.02. The largest absolute Gasteiger partial charge is 0.492 e. The van der Waals surface area contributed by atoms with Gasteiger partial charge in [0.2, 0.25) is 0 Å². The highest BCUT2D eigenvalue weighted by molar-refractivity contribution is 5.91. The van der Waals surface area contributed by atoms with E-state index in [1.165, 1.54) is 17.7 Å². The molecule has 158 valence electrons. The van der Waals surface area contributed by atoms with Crippen molar-refractivity contribution in [2.24, 2.45) is 5.92 Å². The lowest BCUT2D eigenvalue weighted by atomic mass is 10.1. The van der Waals surface area contributed by atoms with Crippen LogP contribution >= 0.6 is 0 Å². The number of rotatable bonds is 6. The van der Waals surface area contributed by atoms with E-state index >= 15 is 4.39 Å². The topological polar surface area (TPSA) is 94.5 Å². The molecule has 9 heteroatoms. The average Bonchev–Trinajstić information content (AvgIpc) is 3.41. The van der Waals surface area contributed by atoms with Crippen LogP contribution in [0.1, 0.15) is 39.2 Å². The highest BCUT2D eigenvalue weighted by atomic mass is 19.1. The standard InChI is InChI=1S/C20H28FN5O3/c1-11(2)23-9-12-6-7-24(10-12)17-15(21)8-14-16(18(17)29-3)25(13-4-5-13)20(28)26(22)19(14)27/h8,11-13,23H,4-7,9-10,22H2,1-3H3. The van der Waals surface area contributed by atoms with Gasteiger partial charge in [-0.1, -0.05) is 13.8 Å². The van der Waals surface area contributed by atoms with E-state index in [9.17, 15) is 9.59 Å².